The number of rotatable bonds is 6. The molecule has 0 bridgehead atoms. The zero-order valence-electron chi connectivity index (χ0n) is 15.7. The second-order valence-electron chi connectivity index (χ2n) is 6.81. The standard InChI is InChI=1S/C19H21N5O4S/c25-16(3-5-24-6-4-17(26)22-19(24)27)21-18-20-14-2-1-13(11-15(14)29-18)12-23-7-9-28-10-8-23/h1-2,4,6,11H,3,5,7-10,12H2,(H,20,21,25)(H,22,26,27). The summed E-state index contributed by atoms with van der Waals surface area (Å²) in [7, 11) is 0. The number of ether oxygens (including phenoxy) is 1. The number of fused-ring (bicyclic) bond motifs is 1. The Balaban J connectivity index is 1.37. The van der Waals surface area contributed by atoms with Gasteiger partial charge in [0.2, 0.25) is 5.91 Å². The quantitative estimate of drug-likeness (QED) is 0.622. The van der Waals surface area contributed by atoms with Crippen molar-refractivity contribution < 1.29 is 9.53 Å². The van der Waals surface area contributed by atoms with Gasteiger partial charge in [-0.3, -0.25) is 19.5 Å². The van der Waals surface area contributed by atoms with E-state index in [1.807, 2.05) is 6.07 Å². The number of aromatic nitrogens is 3. The maximum Gasteiger partial charge on any atom is 0.328 e. The summed E-state index contributed by atoms with van der Waals surface area (Å²) >= 11 is 1.43. The second kappa shape index (κ2) is 8.68. The van der Waals surface area contributed by atoms with Crippen LogP contribution in [0.2, 0.25) is 0 Å². The van der Waals surface area contributed by atoms with Gasteiger partial charge in [-0.15, -0.1) is 0 Å². The highest BCUT2D eigenvalue weighted by atomic mass is 32.1. The fourth-order valence-corrected chi connectivity index (χ4v) is 4.11. The molecule has 2 N–H and O–H groups in total. The highest BCUT2D eigenvalue weighted by Crippen LogP contribution is 2.27. The summed E-state index contributed by atoms with van der Waals surface area (Å²) < 4.78 is 7.69. The molecule has 3 heterocycles. The lowest BCUT2D eigenvalue weighted by atomic mass is 10.2. The SMILES string of the molecule is O=C(CCn1ccc(=O)[nH]c1=O)Nc1nc2ccc(CN3CCOCC3)cc2s1. The van der Waals surface area contributed by atoms with Crippen LogP contribution in [0.3, 0.4) is 0 Å². The molecule has 1 amide bonds. The number of morpholine rings is 1. The zero-order chi connectivity index (χ0) is 20.2. The number of aromatic amines is 1. The summed E-state index contributed by atoms with van der Waals surface area (Å²) in [6, 6.07) is 7.39. The number of thiazole rings is 1. The highest BCUT2D eigenvalue weighted by Gasteiger charge is 2.13. The van der Waals surface area contributed by atoms with Gasteiger partial charge >= 0.3 is 5.69 Å². The van der Waals surface area contributed by atoms with Crippen LogP contribution < -0.4 is 16.6 Å². The van der Waals surface area contributed by atoms with Gasteiger partial charge in [-0.1, -0.05) is 17.4 Å². The van der Waals surface area contributed by atoms with Gasteiger partial charge in [0.15, 0.2) is 5.13 Å². The molecule has 0 saturated carbocycles. The Hall–Kier alpha value is -2.82. The lowest BCUT2D eigenvalue weighted by molar-refractivity contribution is -0.116. The molecule has 0 atom stereocenters. The Morgan fingerprint density at radius 2 is 2.07 bits per heavy atom. The summed E-state index contributed by atoms with van der Waals surface area (Å²) in [6.07, 6.45) is 1.48. The minimum absolute atomic E-state index is 0.101. The fraction of sp³-hybridized carbons (Fsp3) is 0.368. The third kappa shape index (κ3) is 4.97. The molecule has 4 rings (SSSR count). The molecule has 1 aliphatic rings. The molecule has 2 aromatic heterocycles. The van der Waals surface area contributed by atoms with E-state index in [0.717, 1.165) is 43.1 Å². The van der Waals surface area contributed by atoms with Crippen LogP contribution >= 0.6 is 11.3 Å². The summed E-state index contributed by atoms with van der Waals surface area (Å²) in [6.45, 7) is 4.44. The molecule has 0 aliphatic carbocycles. The Morgan fingerprint density at radius 3 is 2.86 bits per heavy atom. The van der Waals surface area contributed by atoms with Crippen LogP contribution in [0, 0.1) is 0 Å². The highest BCUT2D eigenvalue weighted by molar-refractivity contribution is 7.22. The number of hydrogen-bond acceptors (Lipinski definition) is 7. The van der Waals surface area contributed by atoms with Crippen molar-refractivity contribution >= 4 is 32.6 Å². The van der Waals surface area contributed by atoms with E-state index in [2.05, 4.69) is 32.3 Å². The summed E-state index contributed by atoms with van der Waals surface area (Å²) in [4.78, 5) is 43.9. The molecule has 0 unspecified atom stereocenters. The van der Waals surface area contributed by atoms with Crippen LogP contribution in [-0.4, -0.2) is 51.6 Å². The lowest BCUT2D eigenvalue weighted by Crippen LogP contribution is -2.35. The van der Waals surface area contributed by atoms with E-state index in [9.17, 15) is 14.4 Å². The van der Waals surface area contributed by atoms with Gasteiger partial charge in [0, 0.05) is 44.9 Å². The van der Waals surface area contributed by atoms with E-state index in [0.29, 0.717) is 5.13 Å². The normalized spacial score (nSPS) is 14.9. The first-order chi connectivity index (χ1) is 14.1. The monoisotopic (exact) mass is 415 g/mol. The van der Waals surface area contributed by atoms with Crippen molar-refractivity contribution in [2.45, 2.75) is 19.5 Å². The Morgan fingerprint density at radius 1 is 1.24 bits per heavy atom. The third-order valence-electron chi connectivity index (χ3n) is 4.69. The minimum Gasteiger partial charge on any atom is -0.379 e. The van der Waals surface area contributed by atoms with Crippen molar-refractivity contribution in [1.29, 1.82) is 0 Å². The Kier molecular flexibility index (Phi) is 5.84. The van der Waals surface area contributed by atoms with Crippen LogP contribution in [-0.2, 0) is 22.6 Å². The summed E-state index contributed by atoms with van der Waals surface area (Å²) in [5.41, 5.74) is 1.06. The largest absolute Gasteiger partial charge is 0.379 e. The van der Waals surface area contributed by atoms with E-state index in [4.69, 9.17) is 4.74 Å². The first-order valence-electron chi connectivity index (χ1n) is 9.36. The number of benzene rings is 1. The van der Waals surface area contributed by atoms with Gasteiger partial charge in [0.1, 0.15) is 0 Å². The van der Waals surface area contributed by atoms with Crippen LogP contribution in [0.1, 0.15) is 12.0 Å². The summed E-state index contributed by atoms with van der Waals surface area (Å²) in [5, 5.41) is 3.32. The van der Waals surface area contributed by atoms with E-state index < -0.39 is 11.2 Å². The fourth-order valence-electron chi connectivity index (χ4n) is 3.16. The number of H-pyrrole nitrogens is 1. The number of aryl methyl sites for hydroxylation is 1. The minimum atomic E-state index is -0.530. The number of carbonyl (C=O) groups is 1. The number of nitrogens with zero attached hydrogens (tertiary/aromatic N) is 3. The molecule has 3 aromatic rings. The van der Waals surface area contributed by atoms with Crippen molar-refractivity contribution in [3.8, 4) is 0 Å². The lowest BCUT2D eigenvalue weighted by Gasteiger charge is -2.26. The molecule has 9 nitrogen and oxygen atoms in total. The molecule has 10 heteroatoms. The van der Waals surface area contributed by atoms with Crippen LogP contribution in [0.15, 0.2) is 40.1 Å². The van der Waals surface area contributed by atoms with Crippen molar-refractivity contribution in [3.05, 3.63) is 56.9 Å². The molecule has 1 saturated heterocycles. The number of hydrogen-bond donors (Lipinski definition) is 2. The molecule has 0 radical (unpaired) electrons. The third-order valence-corrected chi connectivity index (χ3v) is 5.62. The Bertz CT molecular complexity index is 1130. The average Bonchev–Trinajstić information content (AvgIpc) is 3.09. The Labute approximate surface area is 170 Å². The van der Waals surface area contributed by atoms with E-state index >= 15 is 0 Å². The van der Waals surface area contributed by atoms with Crippen LogP contribution in [0.4, 0.5) is 5.13 Å². The first-order valence-corrected chi connectivity index (χ1v) is 10.2. The van der Waals surface area contributed by atoms with E-state index in [1.165, 1.54) is 33.7 Å². The predicted molar refractivity (Wildman–Crippen MR) is 110 cm³/mol. The van der Waals surface area contributed by atoms with Crippen molar-refractivity contribution in [3.63, 3.8) is 0 Å². The van der Waals surface area contributed by atoms with Crippen molar-refractivity contribution in [2.75, 3.05) is 31.6 Å². The molecule has 1 aromatic carbocycles. The maximum atomic E-state index is 12.2. The number of amides is 1. The van der Waals surface area contributed by atoms with Gasteiger partial charge < -0.3 is 14.6 Å². The van der Waals surface area contributed by atoms with Gasteiger partial charge in [0.25, 0.3) is 5.56 Å². The predicted octanol–water partition coefficient (Wildman–Crippen LogP) is 1.01. The topological polar surface area (TPSA) is 109 Å². The molecule has 1 fully saturated rings. The molecule has 152 valence electrons. The van der Waals surface area contributed by atoms with Crippen molar-refractivity contribution in [1.82, 2.24) is 19.4 Å². The zero-order valence-corrected chi connectivity index (χ0v) is 16.5. The maximum absolute atomic E-state index is 12.2. The van der Waals surface area contributed by atoms with Crippen LogP contribution in [0.25, 0.3) is 10.2 Å². The molecule has 29 heavy (non-hydrogen) atoms. The first kappa shape index (κ1) is 19.5. The number of nitrogens with one attached hydrogen (secondary N) is 2. The molecular formula is C19H21N5O4S. The molecular weight excluding hydrogens is 394 g/mol. The number of anilines is 1. The van der Waals surface area contributed by atoms with E-state index in [1.54, 1.807) is 0 Å². The van der Waals surface area contributed by atoms with Crippen LogP contribution in [0.5, 0.6) is 0 Å². The number of carbonyl (C=O) groups excluding carboxylic acids is 1. The summed E-state index contributed by atoms with van der Waals surface area (Å²) in [5.74, 6) is -0.240. The van der Waals surface area contributed by atoms with E-state index in [-0.39, 0.29) is 18.9 Å². The van der Waals surface area contributed by atoms with Gasteiger partial charge in [-0.05, 0) is 17.7 Å². The van der Waals surface area contributed by atoms with Gasteiger partial charge in [-0.25, -0.2) is 9.78 Å². The molecule has 0 spiro atoms. The smallest absolute Gasteiger partial charge is 0.328 e. The molecule has 1 aliphatic heterocycles. The van der Waals surface area contributed by atoms with Crippen molar-refractivity contribution in [2.24, 2.45) is 0 Å². The average molecular weight is 415 g/mol. The van der Waals surface area contributed by atoms with Gasteiger partial charge in [-0.2, -0.15) is 0 Å². The second-order valence-corrected chi connectivity index (χ2v) is 7.84. The van der Waals surface area contributed by atoms with Gasteiger partial charge in [0.05, 0.1) is 23.4 Å².